The summed E-state index contributed by atoms with van der Waals surface area (Å²) in [6.07, 6.45) is -5.17. The number of carbonyl (C=O) groups is 2. The van der Waals surface area contributed by atoms with Gasteiger partial charge in [0.25, 0.3) is 0 Å². The Labute approximate surface area is 128 Å². The van der Waals surface area contributed by atoms with Crippen molar-refractivity contribution in [2.75, 3.05) is 20.8 Å². The largest absolute Gasteiger partial charge is 0.467 e. The fourth-order valence-corrected chi connectivity index (χ4v) is 2.28. The number of ether oxygens (including phenoxy) is 4. The number of esters is 1. The van der Waals surface area contributed by atoms with Crippen molar-refractivity contribution in [1.29, 1.82) is 0 Å². The average molecular weight is 321 g/mol. The number of nitrogens with one attached hydrogen (secondary N) is 1. The summed E-state index contributed by atoms with van der Waals surface area (Å²) in [4.78, 5) is 22.8. The van der Waals surface area contributed by atoms with Gasteiger partial charge in [0.1, 0.15) is 24.4 Å². The first-order chi connectivity index (χ1) is 10.3. The van der Waals surface area contributed by atoms with Gasteiger partial charge in [-0.15, -0.1) is 0 Å². The highest BCUT2D eigenvalue weighted by Crippen LogP contribution is 2.25. The van der Waals surface area contributed by atoms with Crippen LogP contribution in [0.3, 0.4) is 0 Å². The van der Waals surface area contributed by atoms with Gasteiger partial charge in [0.05, 0.1) is 13.7 Å². The molecule has 1 aliphatic rings. The van der Waals surface area contributed by atoms with Crippen LogP contribution in [-0.4, -0.2) is 79.7 Å². The van der Waals surface area contributed by atoms with Crippen molar-refractivity contribution in [3.63, 3.8) is 0 Å². The molecule has 0 aromatic carbocycles. The van der Waals surface area contributed by atoms with Gasteiger partial charge in [-0.2, -0.15) is 0 Å². The molecule has 1 amide bonds. The standard InChI is InChI=1S/C13H23NO8/c1-6(12(18)19-3)21-11-9(14-7(2)16)13(20-4)22-8(5-15)10(11)17/h6,8-11,13,15,17H,5H2,1-4H3,(H,14,16)/t6-,8+,9+,10+,11+,13-/m0/s1. The fraction of sp³-hybridized carbons (Fsp3) is 0.846. The topological polar surface area (TPSA) is 124 Å². The third kappa shape index (κ3) is 4.37. The van der Waals surface area contributed by atoms with Crippen LogP contribution in [0.15, 0.2) is 0 Å². The Bertz CT molecular complexity index is 390. The molecule has 128 valence electrons. The Hall–Kier alpha value is -1.26. The molecule has 0 unspecified atom stereocenters. The summed E-state index contributed by atoms with van der Waals surface area (Å²) >= 11 is 0. The number of methoxy groups -OCH3 is 2. The molecular formula is C13H23NO8. The smallest absolute Gasteiger partial charge is 0.334 e. The van der Waals surface area contributed by atoms with Crippen molar-refractivity contribution in [3.8, 4) is 0 Å². The SMILES string of the molecule is COC(=O)[C@H](C)O[C@H]1[C@H](O)[C@@H](CO)O[C@H](OC)[C@@H]1NC(C)=O. The van der Waals surface area contributed by atoms with Crippen LogP contribution < -0.4 is 5.32 Å². The van der Waals surface area contributed by atoms with E-state index in [1.807, 2.05) is 0 Å². The maximum absolute atomic E-state index is 11.5. The molecule has 1 saturated heterocycles. The van der Waals surface area contributed by atoms with Crippen LogP contribution >= 0.6 is 0 Å². The molecule has 22 heavy (non-hydrogen) atoms. The van der Waals surface area contributed by atoms with Crippen molar-refractivity contribution in [1.82, 2.24) is 5.32 Å². The van der Waals surface area contributed by atoms with Gasteiger partial charge in [-0.3, -0.25) is 4.79 Å². The summed E-state index contributed by atoms with van der Waals surface area (Å²) in [5.74, 6) is -1.01. The Morgan fingerprint density at radius 2 is 2.00 bits per heavy atom. The van der Waals surface area contributed by atoms with E-state index in [2.05, 4.69) is 10.1 Å². The number of hydrogen-bond acceptors (Lipinski definition) is 8. The second kappa shape index (κ2) is 8.39. The van der Waals surface area contributed by atoms with Crippen LogP contribution in [0.4, 0.5) is 0 Å². The van der Waals surface area contributed by atoms with Crippen molar-refractivity contribution in [2.24, 2.45) is 0 Å². The molecule has 1 heterocycles. The van der Waals surface area contributed by atoms with E-state index < -0.39 is 49.3 Å². The van der Waals surface area contributed by atoms with Gasteiger partial charge < -0.3 is 34.5 Å². The van der Waals surface area contributed by atoms with E-state index in [1.165, 1.54) is 28.1 Å². The summed E-state index contributed by atoms with van der Waals surface area (Å²) in [5, 5.41) is 22.1. The molecule has 0 saturated carbocycles. The molecule has 0 bridgehead atoms. The fourth-order valence-electron chi connectivity index (χ4n) is 2.28. The highest BCUT2D eigenvalue weighted by Gasteiger charge is 2.47. The van der Waals surface area contributed by atoms with Crippen LogP contribution in [0, 0.1) is 0 Å². The summed E-state index contributed by atoms with van der Waals surface area (Å²) < 4.78 is 20.6. The lowest BCUT2D eigenvalue weighted by atomic mass is 9.96. The van der Waals surface area contributed by atoms with E-state index >= 15 is 0 Å². The van der Waals surface area contributed by atoms with Crippen molar-refractivity contribution < 1.29 is 38.7 Å². The quantitative estimate of drug-likeness (QED) is 0.488. The van der Waals surface area contributed by atoms with Crippen LogP contribution in [0.25, 0.3) is 0 Å². The number of carbonyl (C=O) groups excluding carboxylic acids is 2. The molecule has 0 radical (unpaired) electrons. The van der Waals surface area contributed by atoms with Gasteiger partial charge in [-0.05, 0) is 6.92 Å². The van der Waals surface area contributed by atoms with Gasteiger partial charge >= 0.3 is 5.97 Å². The first kappa shape index (κ1) is 18.8. The lowest BCUT2D eigenvalue weighted by molar-refractivity contribution is -0.275. The number of amides is 1. The molecule has 6 atom stereocenters. The van der Waals surface area contributed by atoms with Crippen molar-refractivity contribution >= 4 is 11.9 Å². The van der Waals surface area contributed by atoms with E-state index in [9.17, 15) is 19.8 Å². The molecule has 0 aromatic rings. The number of rotatable bonds is 6. The molecule has 0 spiro atoms. The summed E-state index contributed by atoms with van der Waals surface area (Å²) in [6, 6.07) is -0.854. The highest BCUT2D eigenvalue weighted by molar-refractivity contribution is 5.74. The monoisotopic (exact) mass is 321 g/mol. The minimum absolute atomic E-state index is 0.385. The zero-order chi connectivity index (χ0) is 16.9. The van der Waals surface area contributed by atoms with Gasteiger partial charge in [0.15, 0.2) is 12.4 Å². The third-order valence-electron chi connectivity index (χ3n) is 3.35. The molecule has 1 fully saturated rings. The summed E-state index contributed by atoms with van der Waals surface area (Å²) in [6.45, 7) is 2.27. The Kier molecular flexibility index (Phi) is 7.17. The van der Waals surface area contributed by atoms with Crippen LogP contribution in [0.2, 0.25) is 0 Å². The second-order valence-electron chi connectivity index (χ2n) is 4.94. The Morgan fingerprint density at radius 1 is 1.36 bits per heavy atom. The lowest BCUT2D eigenvalue weighted by Gasteiger charge is -2.44. The molecule has 9 nitrogen and oxygen atoms in total. The normalized spacial score (nSPS) is 33.1. The van der Waals surface area contributed by atoms with Gasteiger partial charge in [-0.1, -0.05) is 0 Å². The lowest BCUT2D eigenvalue weighted by Crippen LogP contribution is -2.65. The molecule has 0 aromatic heterocycles. The van der Waals surface area contributed by atoms with E-state index in [1.54, 1.807) is 0 Å². The predicted molar refractivity (Wildman–Crippen MR) is 72.7 cm³/mol. The zero-order valence-corrected chi connectivity index (χ0v) is 13.0. The number of hydrogen-bond donors (Lipinski definition) is 3. The summed E-state index contributed by atoms with van der Waals surface area (Å²) in [5.41, 5.74) is 0. The molecule has 3 N–H and O–H groups in total. The highest BCUT2D eigenvalue weighted by atomic mass is 16.7. The minimum atomic E-state index is -1.26. The minimum Gasteiger partial charge on any atom is -0.467 e. The van der Waals surface area contributed by atoms with Gasteiger partial charge in [0.2, 0.25) is 5.91 Å². The zero-order valence-electron chi connectivity index (χ0n) is 13.0. The van der Waals surface area contributed by atoms with E-state index in [0.29, 0.717) is 0 Å². The Morgan fingerprint density at radius 3 is 2.45 bits per heavy atom. The average Bonchev–Trinajstić information content (AvgIpc) is 2.49. The van der Waals surface area contributed by atoms with E-state index in [-0.39, 0.29) is 5.91 Å². The van der Waals surface area contributed by atoms with E-state index in [4.69, 9.17) is 14.2 Å². The van der Waals surface area contributed by atoms with Crippen molar-refractivity contribution in [3.05, 3.63) is 0 Å². The molecule has 9 heteroatoms. The maximum atomic E-state index is 11.5. The van der Waals surface area contributed by atoms with Crippen molar-refractivity contribution in [2.45, 2.75) is 50.6 Å². The van der Waals surface area contributed by atoms with Crippen LogP contribution in [-0.2, 0) is 28.5 Å². The molecule has 1 rings (SSSR count). The third-order valence-corrected chi connectivity index (χ3v) is 3.35. The van der Waals surface area contributed by atoms with Gasteiger partial charge in [0, 0.05) is 14.0 Å². The Balaban J connectivity index is 2.99. The predicted octanol–water partition coefficient (Wildman–Crippen LogP) is -1.84. The first-order valence-electron chi connectivity index (χ1n) is 6.83. The number of aliphatic hydroxyl groups excluding tert-OH is 2. The van der Waals surface area contributed by atoms with Gasteiger partial charge in [-0.25, -0.2) is 4.79 Å². The molecule has 1 aliphatic heterocycles. The van der Waals surface area contributed by atoms with E-state index in [0.717, 1.165) is 0 Å². The molecule has 0 aliphatic carbocycles. The maximum Gasteiger partial charge on any atom is 0.334 e. The molecular weight excluding hydrogens is 298 g/mol. The van der Waals surface area contributed by atoms with Crippen LogP contribution in [0.5, 0.6) is 0 Å². The first-order valence-corrected chi connectivity index (χ1v) is 6.83. The number of aliphatic hydroxyl groups is 2. The second-order valence-corrected chi connectivity index (χ2v) is 4.94. The summed E-state index contributed by atoms with van der Waals surface area (Å²) in [7, 11) is 2.56. The van der Waals surface area contributed by atoms with Crippen LogP contribution in [0.1, 0.15) is 13.8 Å².